The number of hydrogen-bond acceptors (Lipinski definition) is 5. The topological polar surface area (TPSA) is 109 Å². The summed E-state index contributed by atoms with van der Waals surface area (Å²) < 4.78 is 23.7. The predicted octanol–water partition coefficient (Wildman–Crippen LogP) is -0.351. The highest BCUT2D eigenvalue weighted by Gasteiger charge is 2.29. The first-order chi connectivity index (χ1) is 8.45. The van der Waals surface area contributed by atoms with Crippen LogP contribution in [0.3, 0.4) is 0 Å². The number of sulfone groups is 1. The van der Waals surface area contributed by atoms with E-state index in [2.05, 4.69) is 15.3 Å². The van der Waals surface area contributed by atoms with E-state index >= 15 is 0 Å². The summed E-state index contributed by atoms with van der Waals surface area (Å²) in [7, 11) is -3.64. The Morgan fingerprint density at radius 1 is 1.22 bits per heavy atom. The van der Waals surface area contributed by atoms with Crippen LogP contribution in [0.15, 0.2) is 28.0 Å². The van der Waals surface area contributed by atoms with Crippen molar-refractivity contribution in [3.8, 4) is 0 Å². The molecule has 0 spiro atoms. The Labute approximate surface area is 101 Å². The van der Waals surface area contributed by atoms with Crippen LogP contribution in [0, 0.1) is 0 Å². The Hall–Kier alpha value is -2.22. The maximum atomic E-state index is 11.8. The molecule has 0 saturated carbocycles. The number of hydrogen-bond donors (Lipinski definition) is 2. The molecule has 2 N–H and O–H groups in total. The Morgan fingerprint density at radius 2 is 2.00 bits per heavy atom. The zero-order chi connectivity index (χ0) is 12.9. The Morgan fingerprint density at radius 3 is 2.78 bits per heavy atom. The van der Waals surface area contributed by atoms with E-state index in [9.17, 15) is 18.0 Å². The average molecular weight is 265 g/mol. The van der Waals surface area contributed by atoms with E-state index in [0.29, 0.717) is 11.0 Å². The Bertz CT molecular complexity index is 838. The molecule has 2 aromatic rings. The SMILES string of the molecule is O=C1CS(=O)(=O)c2cc3ncc(=O)[nH]c3cc2N1. The minimum atomic E-state index is -3.64. The van der Waals surface area contributed by atoms with Crippen molar-refractivity contribution in [2.24, 2.45) is 0 Å². The summed E-state index contributed by atoms with van der Waals surface area (Å²) in [6.45, 7) is 0. The molecule has 0 bridgehead atoms. The number of rotatable bonds is 0. The molecule has 18 heavy (non-hydrogen) atoms. The third-order valence-corrected chi connectivity index (χ3v) is 4.26. The fourth-order valence-corrected chi connectivity index (χ4v) is 3.17. The molecule has 0 atom stereocenters. The van der Waals surface area contributed by atoms with Gasteiger partial charge in [0, 0.05) is 0 Å². The number of aromatic nitrogens is 2. The molecule has 1 aliphatic heterocycles. The van der Waals surface area contributed by atoms with Crippen molar-refractivity contribution >= 4 is 32.5 Å². The summed E-state index contributed by atoms with van der Waals surface area (Å²) in [6, 6.07) is 2.74. The second-order valence-electron chi connectivity index (χ2n) is 3.92. The molecule has 0 saturated heterocycles. The van der Waals surface area contributed by atoms with Gasteiger partial charge in [0.05, 0.1) is 27.8 Å². The maximum absolute atomic E-state index is 11.8. The predicted molar refractivity (Wildman–Crippen MR) is 63.0 cm³/mol. The van der Waals surface area contributed by atoms with E-state index in [1.807, 2.05) is 0 Å². The smallest absolute Gasteiger partial charge is 0.266 e. The lowest BCUT2D eigenvalue weighted by Gasteiger charge is -2.17. The summed E-state index contributed by atoms with van der Waals surface area (Å²) >= 11 is 0. The molecule has 0 radical (unpaired) electrons. The van der Waals surface area contributed by atoms with Gasteiger partial charge in [-0.05, 0) is 12.1 Å². The highest BCUT2D eigenvalue weighted by Crippen LogP contribution is 2.29. The van der Waals surface area contributed by atoms with Gasteiger partial charge in [0.25, 0.3) is 5.56 Å². The molecule has 0 unspecified atom stereocenters. The van der Waals surface area contributed by atoms with Gasteiger partial charge in [0.2, 0.25) is 5.91 Å². The Balaban J connectivity index is 2.40. The fourth-order valence-electron chi connectivity index (χ4n) is 1.86. The molecular weight excluding hydrogens is 258 g/mol. The second kappa shape index (κ2) is 3.39. The first kappa shape index (κ1) is 10.9. The number of aromatic amines is 1. The van der Waals surface area contributed by atoms with Gasteiger partial charge in [0.15, 0.2) is 9.84 Å². The minimum absolute atomic E-state index is 0.0224. The first-order valence-electron chi connectivity index (χ1n) is 5.01. The number of benzene rings is 1. The zero-order valence-corrected chi connectivity index (χ0v) is 9.74. The number of nitrogens with one attached hydrogen (secondary N) is 2. The summed E-state index contributed by atoms with van der Waals surface area (Å²) in [5, 5.41) is 2.46. The molecule has 2 heterocycles. The summed E-state index contributed by atoms with van der Waals surface area (Å²) in [4.78, 5) is 28.8. The van der Waals surface area contributed by atoms with E-state index in [-0.39, 0.29) is 10.6 Å². The molecule has 7 nitrogen and oxygen atoms in total. The normalized spacial score (nSPS) is 17.2. The van der Waals surface area contributed by atoms with Crippen LogP contribution in [0.5, 0.6) is 0 Å². The van der Waals surface area contributed by atoms with Crippen molar-refractivity contribution in [2.45, 2.75) is 4.90 Å². The number of amides is 1. The second-order valence-corrected chi connectivity index (χ2v) is 5.88. The van der Waals surface area contributed by atoms with Crippen LogP contribution in [-0.4, -0.2) is 30.0 Å². The number of anilines is 1. The van der Waals surface area contributed by atoms with Crippen LogP contribution in [0.1, 0.15) is 0 Å². The lowest BCUT2D eigenvalue weighted by atomic mass is 10.2. The lowest BCUT2D eigenvalue weighted by molar-refractivity contribution is -0.114. The monoisotopic (exact) mass is 265 g/mol. The molecule has 92 valence electrons. The van der Waals surface area contributed by atoms with Gasteiger partial charge in [0.1, 0.15) is 5.75 Å². The molecule has 1 amide bonds. The third kappa shape index (κ3) is 1.58. The number of H-pyrrole nitrogens is 1. The number of carbonyl (C=O) groups excluding carboxylic acids is 1. The molecular formula is C10H7N3O4S. The average Bonchev–Trinajstić information content (AvgIpc) is 2.25. The van der Waals surface area contributed by atoms with Crippen molar-refractivity contribution in [3.05, 3.63) is 28.7 Å². The van der Waals surface area contributed by atoms with Crippen molar-refractivity contribution in [1.82, 2.24) is 9.97 Å². The van der Waals surface area contributed by atoms with Crippen LogP contribution >= 0.6 is 0 Å². The van der Waals surface area contributed by atoms with Gasteiger partial charge in [-0.15, -0.1) is 0 Å². The van der Waals surface area contributed by atoms with Crippen LogP contribution in [0.4, 0.5) is 5.69 Å². The third-order valence-electron chi connectivity index (χ3n) is 2.61. The van der Waals surface area contributed by atoms with Gasteiger partial charge >= 0.3 is 0 Å². The highest BCUT2D eigenvalue weighted by atomic mass is 32.2. The van der Waals surface area contributed by atoms with Gasteiger partial charge in [-0.1, -0.05) is 0 Å². The maximum Gasteiger partial charge on any atom is 0.266 e. The van der Waals surface area contributed by atoms with Gasteiger partial charge in [-0.25, -0.2) is 13.4 Å². The number of fused-ring (bicyclic) bond motifs is 2. The van der Waals surface area contributed by atoms with E-state index in [1.54, 1.807) is 0 Å². The first-order valence-corrected chi connectivity index (χ1v) is 6.67. The van der Waals surface area contributed by atoms with Crippen LogP contribution in [0.2, 0.25) is 0 Å². The van der Waals surface area contributed by atoms with Gasteiger partial charge < -0.3 is 10.3 Å². The standard InChI is InChI=1S/C10H7N3O4S/c14-9-3-11-5-2-8-7(1-6(5)12-9)13-10(15)4-18(8,16)17/h1-3H,4H2,(H,12,14)(H,13,15). The van der Waals surface area contributed by atoms with Crippen molar-refractivity contribution < 1.29 is 13.2 Å². The molecule has 1 aliphatic rings. The van der Waals surface area contributed by atoms with Gasteiger partial charge in [-0.3, -0.25) is 9.59 Å². The molecule has 1 aromatic carbocycles. The molecule has 3 rings (SSSR count). The highest BCUT2D eigenvalue weighted by molar-refractivity contribution is 7.92. The molecule has 0 aliphatic carbocycles. The zero-order valence-electron chi connectivity index (χ0n) is 8.93. The summed E-state index contributed by atoms with van der Waals surface area (Å²) in [5.74, 6) is -1.16. The molecule has 8 heteroatoms. The number of carbonyl (C=O) groups is 1. The van der Waals surface area contributed by atoms with Crippen molar-refractivity contribution in [3.63, 3.8) is 0 Å². The van der Waals surface area contributed by atoms with Crippen LogP contribution < -0.4 is 10.9 Å². The lowest BCUT2D eigenvalue weighted by Crippen LogP contribution is -2.29. The largest absolute Gasteiger partial charge is 0.324 e. The van der Waals surface area contributed by atoms with E-state index < -0.39 is 27.1 Å². The molecule has 0 fully saturated rings. The van der Waals surface area contributed by atoms with Crippen molar-refractivity contribution in [2.75, 3.05) is 11.1 Å². The van der Waals surface area contributed by atoms with E-state index in [4.69, 9.17) is 0 Å². The summed E-state index contributed by atoms with van der Waals surface area (Å²) in [6.07, 6.45) is 1.07. The fraction of sp³-hybridized carbons (Fsp3) is 0.100. The Kier molecular flexibility index (Phi) is 2.05. The van der Waals surface area contributed by atoms with Gasteiger partial charge in [-0.2, -0.15) is 0 Å². The van der Waals surface area contributed by atoms with Crippen LogP contribution in [-0.2, 0) is 14.6 Å². The van der Waals surface area contributed by atoms with E-state index in [0.717, 1.165) is 6.20 Å². The van der Waals surface area contributed by atoms with E-state index in [1.165, 1.54) is 12.1 Å². The quantitative estimate of drug-likeness (QED) is 0.676. The van der Waals surface area contributed by atoms with Crippen LogP contribution in [0.25, 0.3) is 11.0 Å². The molecule has 1 aromatic heterocycles. The minimum Gasteiger partial charge on any atom is -0.324 e. The number of nitrogens with zero attached hydrogens (tertiary/aromatic N) is 1. The van der Waals surface area contributed by atoms with Crippen molar-refractivity contribution in [1.29, 1.82) is 0 Å². The summed E-state index contributed by atoms with van der Waals surface area (Å²) in [5.41, 5.74) is 0.501.